The Hall–Kier alpha value is -2.32. The second kappa shape index (κ2) is 8.68. The standard InChI is InChI=1S/C17H18F2N2O3S/c18-14-7-9-15(10-8-14)25(23,24)21-11-3-6-17(22)20-12-13-4-1-2-5-16(13)19/h1-2,4-5,7-10,21H,3,6,11-12H2,(H,20,22). The molecule has 1 amide bonds. The van der Waals surface area contributed by atoms with Crippen molar-refractivity contribution < 1.29 is 22.0 Å². The van der Waals surface area contributed by atoms with E-state index in [2.05, 4.69) is 10.0 Å². The number of halogens is 2. The van der Waals surface area contributed by atoms with E-state index in [1.165, 1.54) is 18.2 Å². The minimum atomic E-state index is -3.73. The van der Waals surface area contributed by atoms with Crippen molar-refractivity contribution in [3.63, 3.8) is 0 Å². The molecule has 0 saturated heterocycles. The average Bonchev–Trinajstić information content (AvgIpc) is 2.58. The Bertz CT molecular complexity index is 824. The zero-order valence-corrected chi connectivity index (χ0v) is 14.2. The Balaban J connectivity index is 1.72. The number of carbonyl (C=O) groups excluding carboxylic acids is 1. The SMILES string of the molecule is O=C(CCCNS(=O)(=O)c1ccc(F)cc1)NCc1ccccc1F. The Morgan fingerprint density at radius 1 is 1.00 bits per heavy atom. The van der Waals surface area contributed by atoms with E-state index < -0.39 is 21.7 Å². The fourth-order valence-corrected chi connectivity index (χ4v) is 3.15. The highest BCUT2D eigenvalue weighted by Crippen LogP contribution is 2.09. The zero-order chi connectivity index (χ0) is 18.3. The van der Waals surface area contributed by atoms with Crippen LogP contribution in [0, 0.1) is 11.6 Å². The summed E-state index contributed by atoms with van der Waals surface area (Å²) in [5.74, 6) is -1.22. The molecule has 0 unspecified atom stereocenters. The summed E-state index contributed by atoms with van der Waals surface area (Å²) < 4.78 is 52.5. The quantitative estimate of drug-likeness (QED) is 0.703. The van der Waals surface area contributed by atoms with Crippen molar-refractivity contribution >= 4 is 15.9 Å². The van der Waals surface area contributed by atoms with E-state index in [9.17, 15) is 22.0 Å². The van der Waals surface area contributed by atoms with Gasteiger partial charge in [-0.2, -0.15) is 0 Å². The van der Waals surface area contributed by atoms with E-state index >= 15 is 0 Å². The van der Waals surface area contributed by atoms with Crippen LogP contribution in [0.4, 0.5) is 8.78 Å². The molecule has 0 spiro atoms. The van der Waals surface area contributed by atoms with Crippen LogP contribution in [0.3, 0.4) is 0 Å². The predicted molar refractivity (Wildman–Crippen MR) is 89.1 cm³/mol. The summed E-state index contributed by atoms with van der Waals surface area (Å²) in [6.07, 6.45) is 0.379. The first-order chi connectivity index (χ1) is 11.9. The van der Waals surface area contributed by atoms with E-state index in [4.69, 9.17) is 0 Å². The van der Waals surface area contributed by atoms with Crippen molar-refractivity contribution in [2.45, 2.75) is 24.3 Å². The highest BCUT2D eigenvalue weighted by Gasteiger charge is 2.13. The monoisotopic (exact) mass is 368 g/mol. The van der Waals surface area contributed by atoms with Gasteiger partial charge in [-0.15, -0.1) is 0 Å². The van der Waals surface area contributed by atoms with Crippen LogP contribution in [0.2, 0.25) is 0 Å². The number of carbonyl (C=O) groups is 1. The maximum atomic E-state index is 13.4. The summed E-state index contributed by atoms with van der Waals surface area (Å²) in [5, 5.41) is 2.58. The maximum absolute atomic E-state index is 13.4. The summed E-state index contributed by atoms with van der Waals surface area (Å²) in [4.78, 5) is 11.7. The van der Waals surface area contributed by atoms with Gasteiger partial charge in [0.25, 0.3) is 0 Å². The number of nitrogens with one attached hydrogen (secondary N) is 2. The lowest BCUT2D eigenvalue weighted by Gasteiger charge is -2.08. The lowest BCUT2D eigenvalue weighted by Crippen LogP contribution is -2.27. The predicted octanol–water partition coefficient (Wildman–Crippen LogP) is 2.34. The first-order valence-corrected chi connectivity index (χ1v) is 9.12. The molecule has 8 heteroatoms. The molecule has 0 aliphatic carbocycles. The number of hydrogen-bond donors (Lipinski definition) is 2. The second-order valence-corrected chi connectivity index (χ2v) is 7.09. The Morgan fingerprint density at radius 3 is 2.36 bits per heavy atom. The normalized spacial score (nSPS) is 11.3. The number of hydrogen-bond acceptors (Lipinski definition) is 3. The summed E-state index contributed by atoms with van der Waals surface area (Å²) in [6.45, 7) is 0.139. The molecule has 5 nitrogen and oxygen atoms in total. The topological polar surface area (TPSA) is 75.3 Å². The molecule has 0 aliphatic rings. The van der Waals surface area contributed by atoms with Crippen LogP contribution in [-0.4, -0.2) is 20.9 Å². The minimum Gasteiger partial charge on any atom is -0.352 e. The van der Waals surface area contributed by atoms with Crippen LogP contribution < -0.4 is 10.0 Å². The molecule has 0 bridgehead atoms. The Kier molecular flexibility index (Phi) is 6.60. The molecule has 0 aliphatic heterocycles. The van der Waals surface area contributed by atoms with Gasteiger partial charge in [-0.1, -0.05) is 18.2 Å². The van der Waals surface area contributed by atoms with Gasteiger partial charge in [0.05, 0.1) is 4.90 Å². The van der Waals surface area contributed by atoms with Crippen molar-refractivity contribution in [2.75, 3.05) is 6.54 Å². The smallest absolute Gasteiger partial charge is 0.240 e. The molecule has 2 N–H and O–H groups in total. The highest BCUT2D eigenvalue weighted by atomic mass is 32.2. The molecule has 0 fully saturated rings. The Labute approximate surface area is 145 Å². The number of sulfonamides is 1. The maximum Gasteiger partial charge on any atom is 0.240 e. The van der Waals surface area contributed by atoms with E-state index in [-0.39, 0.29) is 36.7 Å². The summed E-state index contributed by atoms with van der Waals surface area (Å²) in [7, 11) is -3.73. The van der Waals surface area contributed by atoms with Crippen molar-refractivity contribution in [1.29, 1.82) is 0 Å². The summed E-state index contributed by atoms with van der Waals surface area (Å²) >= 11 is 0. The fourth-order valence-electron chi connectivity index (χ4n) is 2.08. The lowest BCUT2D eigenvalue weighted by molar-refractivity contribution is -0.121. The van der Waals surface area contributed by atoms with E-state index in [1.807, 2.05) is 0 Å². The van der Waals surface area contributed by atoms with Crippen LogP contribution in [0.5, 0.6) is 0 Å². The molecular formula is C17H18F2N2O3S. The van der Waals surface area contributed by atoms with Crippen molar-refractivity contribution in [1.82, 2.24) is 10.0 Å². The van der Waals surface area contributed by atoms with Crippen molar-refractivity contribution in [3.05, 3.63) is 65.7 Å². The second-order valence-electron chi connectivity index (χ2n) is 5.32. The molecular weight excluding hydrogens is 350 g/mol. The molecule has 2 aromatic rings. The fraction of sp³-hybridized carbons (Fsp3) is 0.235. The van der Waals surface area contributed by atoms with E-state index in [1.54, 1.807) is 18.2 Å². The van der Waals surface area contributed by atoms with Gasteiger partial charge in [0, 0.05) is 25.1 Å². The minimum absolute atomic E-state index is 0.0436. The molecule has 2 aromatic carbocycles. The molecule has 0 radical (unpaired) electrons. The largest absolute Gasteiger partial charge is 0.352 e. The number of benzene rings is 2. The average molecular weight is 368 g/mol. The van der Waals surface area contributed by atoms with E-state index in [0.29, 0.717) is 5.56 Å². The molecule has 0 atom stereocenters. The van der Waals surface area contributed by atoms with Gasteiger partial charge < -0.3 is 5.32 Å². The van der Waals surface area contributed by atoms with Gasteiger partial charge in [0.15, 0.2) is 0 Å². The van der Waals surface area contributed by atoms with Crippen LogP contribution in [-0.2, 0) is 21.4 Å². The van der Waals surface area contributed by atoms with Gasteiger partial charge >= 0.3 is 0 Å². The van der Waals surface area contributed by atoms with Gasteiger partial charge in [0.1, 0.15) is 11.6 Å². The molecule has 0 saturated carbocycles. The molecule has 25 heavy (non-hydrogen) atoms. The molecule has 134 valence electrons. The van der Waals surface area contributed by atoms with E-state index in [0.717, 1.165) is 12.1 Å². The highest BCUT2D eigenvalue weighted by molar-refractivity contribution is 7.89. The summed E-state index contributed by atoms with van der Waals surface area (Å²) in [5.41, 5.74) is 0.382. The third kappa shape index (κ3) is 5.91. The molecule has 2 rings (SSSR count). The van der Waals surface area contributed by atoms with Gasteiger partial charge in [0.2, 0.25) is 15.9 Å². The van der Waals surface area contributed by atoms with Gasteiger partial charge in [-0.05, 0) is 36.8 Å². The number of rotatable bonds is 8. The molecule has 0 aromatic heterocycles. The first kappa shape index (κ1) is 19.0. The van der Waals surface area contributed by atoms with Crippen molar-refractivity contribution in [2.24, 2.45) is 0 Å². The summed E-state index contributed by atoms with van der Waals surface area (Å²) in [6, 6.07) is 10.6. The van der Waals surface area contributed by atoms with Crippen molar-refractivity contribution in [3.8, 4) is 0 Å². The van der Waals surface area contributed by atoms with Crippen LogP contribution in [0.15, 0.2) is 53.4 Å². The van der Waals surface area contributed by atoms with Gasteiger partial charge in [-0.25, -0.2) is 21.9 Å². The first-order valence-electron chi connectivity index (χ1n) is 7.64. The third-order valence-electron chi connectivity index (χ3n) is 3.43. The number of amides is 1. The lowest BCUT2D eigenvalue weighted by atomic mass is 10.2. The third-order valence-corrected chi connectivity index (χ3v) is 4.91. The Morgan fingerprint density at radius 2 is 1.68 bits per heavy atom. The molecule has 0 heterocycles. The van der Waals surface area contributed by atoms with Gasteiger partial charge in [-0.3, -0.25) is 4.79 Å². The van der Waals surface area contributed by atoms with Crippen LogP contribution in [0.1, 0.15) is 18.4 Å². The van der Waals surface area contributed by atoms with Crippen LogP contribution in [0.25, 0.3) is 0 Å². The van der Waals surface area contributed by atoms with Crippen LogP contribution >= 0.6 is 0 Å². The zero-order valence-electron chi connectivity index (χ0n) is 13.3.